The molecule has 7 nitrogen and oxygen atoms in total. The zero-order chi connectivity index (χ0) is 22.2. The number of nitrogens with zero attached hydrogens (tertiary/aromatic N) is 4. The van der Waals surface area contributed by atoms with Crippen LogP contribution in [-0.2, 0) is 33.5 Å². The van der Waals surface area contributed by atoms with E-state index in [1.54, 1.807) is 11.3 Å². The lowest BCUT2D eigenvalue weighted by molar-refractivity contribution is -0.146. The van der Waals surface area contributed by atoms with Crippen molar-refractivity contribution in [2.24, 2.45) is 0 Å². The molecule has 2 aliphatic rings. The molecule has 32 heavy (non-hydrogen) atoms. The minimum absolute atomic E-state index is 0.0427. The molecule has 0 spiro atoms. The molecular weight excluding hydrogens is 424 g/mol. The molecule has 0 bridgehead atoms. The number of pyridine rings is 1. The van der Waals surface area contributed by atoms with Gasteiger partial charge in [0, 0.05) is 35.7 Å². The molecule has 168 valence electrons. The summed E-state index contributed by atoms with van der Waals surface area (Å²) in [6, 6.07) is 4.33. The van der Waals surface area contributed by atoms with Crippen LogP contribution < -0.4 is 0 Å². The summed E-state index contributed by atoms with van der Waals surface area (Å²) in [5, 5.41) is 5.79. The van der Waals surface area contributed by atoms with Crippen molar-refractivity contribution in [2.75, 3.05) is 13.2 Å². The number of ether oxygens (including phenoxy) is 2. The Bertz CT molecular complexity index is 1130. The third kappa shape index (κ3) is 4.09. The number of aromatic nitrogens is 4. The number of rotatable bonds is 6. The SMILES string of the molecule is Cc1ccc(-c2nn(C(C)C)c3c2CCc2nc(CC(=O)OCC4CCCO4)sc2-3)cn1. The van der Waals surface area contributed by atoms with E-state index in [0.29, 0.717) is 6.61 Å². The predicted octanol–water partition coefficient (Wildman–Crippen LogP) is 4.32. The Balaban J connectivity index is 1.42. The van der Waals surface area contributed by atoms with Gasteiger partial charge in [0.1, 0.15) is 11.6 Å². The van der Waals surface area contributed by atoms with E-state index in [-0.39, 0.29) is 24.5 Å². The molecule has 0 N–H and O–H groups in total. The lowest BCUT2D eigenvalue weighted by Crippen LogP contribution is -2.18. The topological polar surface area (TPSA) is 79.1 Å². The smallest absolute Gasteiger partial charge is 0.312 e. The van der Waals surface area contributed by atoms with E-state index in [4.69, 9.17) is 19.6 Å². The third-order valence-corrected chi connectivity index (χ3v) is 7.11. The highest BCUT2D eigenvalue weighted by molar-refractivity contribution is 7.15. The van der Waals surface area contributed by atoms with Crippen LogP contribution in [0.4, 0.5) is 0 Å². The van der Waals surface area contributed by atoms with E-state index >= 15 is 0 Å². The Morgan fingerprint density at radius 2 is 2.22 bits per heavy atom. The summed E-state index contributed by atoms with van der Waals surface area (Å²) in [6.07, 6.45) is 5.87. The molecule has 0 amide bonds. The number of carbonyl (C=O) groups is 1. The first kappa shape index (κ1) is 21.3. The maximum absolute atomic E-state index is 12.4. The van der Waals surface area contributed by atoms with Crippen molar-refractivity contribution in [3.05, 3.63) is 40.3 Å². The van der Waals surface area contributed by atoms with Crippen LogP contribution in [0.25, 0.3) is 21.8 Å². The summed E-state index contributed by atoms with van der Waals surface area (Å²) in [7, 11) is 0. The average Bonchev–Trinajstić information content (AvgIpc) is 3.50. The van der Waals surface area contributed by atoms with E-state index in [2.05, 4.69) is 29.6 Å². The molecule has 1 aliphatic heterocycles. The lowest BCUT2D eigenvalue weighted by Gasteiger charge is -2.16. The van der Waals surface area contributed by atoms with Crippen LogP contribution in [0.1, 0.15) is 54.7 Å². The lowest BCUT2D eigenvalue weighted by atomic mass is 9.95. The number of hydrogen-bond acceptors (Lipinski definition) is 7. The number of hydrogen-bond donors (Lipinski definition) is 0. The first-order chi connectivity index (χ1) is 15.5. The van der Waals surface area contributed by atoms with Gasteiger partial charge in [-0.25, -0.2) is 4.98 Å². The van der Waals surface area contributed by atoms with E-state index < -0.39 is 0 Å². The van der Waals surface area contributed by atoms with Gasteiger partial charge in [-0.15, -0.1) is 11.3 Å². The van der Waals surface area contributed by atoms with Crippen molar-refractivity contribution in [1.29, 1.82) is 0 Å². The molecule has 0 radical (unpaired) electrons. The largest absolute Gasteiger partial charge is 0.463 e. The van der Waals surface area contributed by atoms with Gasteiger partial charge in [-0.05, 0) is 58.6 Å². The zero-order valence-corrected chi connectivity index (χ0v) is 19.6. The van der Waals surface area contributed by atoms with Gasteiger partial charge in [0.05, 0.1) is 34.5 Å². The molecule has 1 saturated heterocycles. The van der Waals surface area contributed by atoms with Gasteiger partial charge in [0.2, 0.25) is 0 Å². The van der Waals surface area contributed by atoms with Gasteiger partial charge < -0.3 is 9.47 Å². The monoisotopic (exact) mass is 452 g/mol. The zero-order valence-electron chi connectivity index (χ0n) is 18.8. The van der Waals surface area contributed by atoms with Crippen molar-refractivity contribution < 1.29 is 14.3 Å². The fraction of sp³-hybridized carbons (Fsp3) is 0.500. The Morgan fingerprint density at radius 1 is 1.34 bits per heavy atom. The van der Waals surface area contributed by atoms with Gasteiger partial charge in [-0.2, -0.15) is 5.10 Å². The Hall–Kier alpha value is -2.58. The molecule has 4 heterocycles. The molecule has 0 saturated carbocycles. The average molecular weight is 453 g/mol. The fourth-order valence-corrected chi connectivity index (χ4v) is 5.53. The van der Waals surface area contributed by atoms with E-state index in [9.17, 15) is 4.79 Å². The molecule has 0 aromatic carbocycles. The van der Waals surface area contributed by atoms with Gasteiger partial charge >= 0.3 is 5.97 Å². The van der Waals surface area contributed by atoms with E-state index in [1.807, 2.05) is 19.2 Å². The second-order valence-electron chi connectivity index (χ2n) is 8.78. The number of carbonyl (C=O) groups excluding carboxylic acids is 1. The second-order valence-corrected chi connectivity index (χ2v) is 9.86. The second kappa shape index (κ2) is 8.75. The van der Waals surface area contributed by atoms with Gasteiger partial charge in [-0.3, -0.25) is 14.5 Å². The maximum atomic E-state index is 12.4. The van der Waals surface area contributed by atoms with Crippen molar-refractivity contribution in [1.82, 2.24) is 19.7 Å². The standard InChI is InChI=1S/C24H28N4O3S/c1-14(2)28-23-18(22(27-28)16-7-6-15(3)25-12-16)8-9-19-24(23)32-20(26-19)11-21(29)31-13-17-5-4-10-30-17/h6-7,12,14,17H,4-5,8-11,13H2,1-3H3. The summed E-state index contributed by atoms with van der Waals surface area (Å²) in [6.45, 7) is 7.37. The minimum atomic E-state index is -0.240. The summed E-state index contributed by atoms with van der Waals surface area (Å²) in [5.41, 5.74) is 6.46. The molecular formula is C24H28N4O3S. The predicted molar refractivity (Wildman–Crippen MR) is 123 cm³/mol. The molecule has 3 aromatic heterocycles. The number of fused-ring (bicyclic) bond motifs is 3. The number of thiazole rings is 1. The van der Waals surface area contributed by atoms with Crippen LogP contribution in [0.5, 0.6) is 0 Å². The van der Waals surface area contributed by atoms with Gasteiger partial charge in [0.25, 0.3) is 0 Å². The molecule has 5 rings (SSSR count). The highest BCUT2D eigenvalue weighted by Crippen LogP contribution is 2.43. The summed E-state index contributed by atoms with van der Waals surface area (Å²) in [5.74, 6) is -0.240. The van der Waals surface area contributed by atoms with Gasteiger partial charge in [-0.1, -0.05) is 0 Å². The minimum Gasteiger partial charge on any atom is -0.463 e. The van der Waals surface area contributed by atoms with Crippen molar-refractivity contribution in [3.63, 3.8) is 0 Å². The number of esters is 1. The summed E-state index contributed by atoms with van der Waals surface area (Å²) >= 11 is 1.59. The fourth-order valence-electron chi connectivity index (χ4n) is 4.37. The van der Waals surface area contributed by atoms with Crippen LogP contribution in [-0.4, -0.2) is 45.0 Å². The van der Waals surface area contributed by atoms with Crippen molar-refractivity contribution >= 4 is 17.3 Å². The van der Waals surface area contributed by atoms with Crippen molar-refractivity contribution in [2.45, 2.75) is 65.0 Å². The highest BCUT2D eigenvalue weighted by atomic mass is 32.1. The van der Waals surface area contributed by atoms with Crippen LogP contribution in [0.2, 0.25) is 0 Å². The third-order valence-electron chi connectivity index (χ3n) is 6.00. The first-order valence-electron chi connectivity index (χ1n) is 11.3. The van der Waals surface area contributed by atoms with Crippen molar-refractivity contribution in [3.8, 4) is 21.8 Å². The quantitative estimate of drug-likeness (QED) is 0.518. The van der Waals surface area contributed by atoms with E-state index in [0.717, 1.165) is 70.5 Å². The Kier molecular flexibility index (Phi) is 5.82. The molecule has 8 heteroatoms. The molecule has 1 unspecified atom stereocenters. The highest BCUT2D eigenvalue weighted by Gasteiger charge is 2.30. The number of aryl methyl sites for hydroxylation is 2. The summed E-state index contributed by atoms with van der Waals surface area (Å²) < 4.78 is 13.1. The summed E-state index contributed by atoms with van der Waals surface area (Å²) in [4.78, 5) is 22.8. The Morgan fingerprint density at radius 3 is 2.94 bits per heavy atom. The van der Waals surface area contributed by atoms with Crippen LogP contribution in [0, 0.1) is 6.92 Å². The van der Waals surface area contributed by atoms with Gasteiger partial charge in [0.15, 0.2) is 0 Å². The van der Waals surface area contributed by atoms with Crippen LogP contribution in [0.15, 0.2) is 18.3 Å². The Labute approximate surface area is 191 Å². The van der Waals surface area contributed by atoms with Crippen LogP contribution >= 0.6 is 11.3 Å². The van der Waals surface area contributed by atoms with E-state index in [1.165, 1.54) is 5.56 Å². The maximum Gasteiger partial charge on any atom is 0.312 e. The molecule has 1 aliphatic carbocycles. The molecule has 1 atom stereocenters. The molecule has 1 fully saturated rings. The molecule has 3 aromatic rings. The first-order valence-corrected chi connectivity index (χ1v) is 12.1. The normalized spacial score (nSPS) is 17.4. The van der Waals surface area contributed by atoms with Crippen LogP contribution in [0.3, 0.4) is 0 Å².